The summed E-state index contributed by atoms with van der Waals surface area (Å²) >= 11 is 0. The zero-order valence-electron chi connectivity index (χ0n) is 35.7. The molecule has 0 radical (unpaired) electrons. The summed E-state index contributed by atoms with van der Waals surface area (Å²) in [5.41, 5.74) is 13.6. The molecule has 1 aliphatic rings. The molecule has 302 valence electrons. The van der Waals surface area contributed by atoms with Crippen molar-refractivity contribution in [2.75, 3.05) is 9.80 Å². The Bertz CT molecular complexity index is 3270. The molecule has 0 saturated carbocycles. The predicted molar refractivity (Wildman–Crippen MR) is 270 cm³/mol. The molecule has 10 aromatic rings. The number of anilines is 6. The summed E-state index contributed by atoms with van der Waals surface area (Å²) in [6, 6.07) is 81.0. The van der Waals surface area contributed by atoms with Crippen LogP contribution >= 0.6 is 0 Å². The summed E-state index contributed by atoms with van der Waals surface area (Å²) in [5.74, 6) is 1.72. The van der Waals surface area contributed by atoms with Gasteiger partial charge in [-0.15, -0.1) is 0 Å². The van der Waals surface area contributed by atoms with E-state index in [0.717, 1.165) is 62.1 Å². The molecule has 11 rings (SSSR count). The van der Waals surface area contributed by atoms with Crippen molar-refractivity contribution in [2.24, 2.45) is 0 Å². The minimum absolute atomic E-state index is 0.846. The molecule has 0 spiro atoms. The first kappa shape index (κ1) is 38.3. The van der Waals surface area contributed by atoms with Gasteiger partial charge in [-0.3, -0.25) is 0 Å². The van der Waals surface area contributed by atoms with Crippen molar-refractivity contribution < 1.29 is 4.74 Å². The number of fused-ring (bicyclic) bond motifs is 4. The van der Waals surface area contributed by atoms with Crippen LogP contribution in [0.4, 0.5) is 34.1 Å². The molecule has 0 aliphatic carbocycles. The number of nitrogens with zero attached hydrogens (tertiary/aromatic N) is 2. The second kappa shape index (κ2) is 15.7. The molecular weight excluding hydrogens is 781 g/mol. The Balaban J connectivity index is 0.963. The number of benzene rings is 10. The Morgan fingerprint density at radius 3 is 1.63 bits per heavy atom. The van der Waals surface area contributed by atoms with Gasteiger partial charge in [0, 0.05) is 51.0 Å². The number of hydrogen-bond donors (Lipinski definition) is 0. The van der Waals surface area contributed by atoms with E-state index in [1.165, 1.54) is 43.6 Å². The smallest absolute Gasteiger partial charge is 0.137 e. The van der Waals surface area contributed by atoms with Gasteiger partial charge in [0.05, 0.1) is 13.8 Å². The molecule has 0 unspecified atom stereocenters. The molecule has 0 atom stereocenters. The SMILES string of the molecule is C[Si](C)(C)c1ccc(N(c2ccccc2)c2ccc(-c3ccc4cc5c6c(cccc6c4c3)Oc3cc(N(c4ccccc4)c4ccccc4-c4ccccc4)ccc3-5)cc2)cc1. The minimum Gasteiger partial charge on any atom is -0.456 e. The molecule has 10 aromatic carbocycles. The summed E-state index contributed by atoms with van der Waals surface area (Å²) in [4.78, 5) is 4.68. The van der Waals surface area contributed by atoms with Crippen molar-refractivity contribution in [3.05, 3.63) is 224 Å². The van der Waals surface area contributed by atoms with E-state index in [1.54, 1.807) is 0 Å². The molecular formula is C59H46N2OSi. The van der Waals surface area contributed by atoms with Gasteiger partial charge in [-0.2, -0.15) is 0 Å². The number of rotatable bonds is 9. The van der Waals surface area contributed by atoms with Gasteiger partial charge < -0.3 is 14.5 Å². The third-order valence-electron chi connectivity index (χ3n) is 12.4. The van der Waals surface area contributed by atoms with Crippen LogP contribution in [-0.2, 0) is 0 Å². The standard InChI is InChI=1S/C59H46N2OSi/c1-63(2,3)50-35-32-48(33-36-50)60(45-18-9-5-10-19-45)47-30-28-41(29-31-47)43-26-27-44-39-55-52-37-34-49(40-58(52)62-57-25-15-23-53(59(55)57)54(44)38-43)61(46-20-11-6-12-21-46)56-24-14-13-22-51(56)42-16-7-4-8-17-42/h4-40H,1-3H3. The minimum atomic E-state index is -1.42. The van der Waals surface area contributed by atoms with Crippen molar-refractivity contribution in [1.29, 1.82) is 0 Å². The number of ether oxygens (including phenoxy) is 1. The quantitative estimate of drug-likeness (QED) is 0.106. The zero-order chi connectivity index (χ0) is 42.5. The fourth-order valence-corrected chi connectivity index (χ4v) is 10.4. The highest BCUT2D eigenvalue weighted by molar-refractivity contribution is 6.88. The highest BCUT2D eigenvalue weighted by atomic mass is 28.3. The molecule has 63 heavy (non-hydrogen) atoms. The van der Waals surface area contributed by atoms with Crippen molar-refractivity contribution in [1.82, 2.24) is 0 Å². The molecule has 0 amide bonds. The third kappa shape index (κ3) is 7.05. The van der Waals surface area contributed by atoms with Gasteiger partial charge in [-0.1, -0.05) is 158 Å². The van der Waals surface area contributed by atoms with Crippen molar-refractivity contribution in [2.45, 2.75) is 19.6 Å². The van der Waals surface area contributed by atoms with Gasteiger partial charge in [-0.05, 0) is 123 Å². The first-order valence-electron chi connectivity index (χ1n) is 21.7. The maximum absolute atomic E-state index is 6.89. The van der Waals surface area contributed by atoms with Crippen LogP contribution in [0.3, 0.4) is 0 Å². The molecule has 4 heteroatoms. The van der Waals surface area contributed by atoms with E-state index < -0.39 is 8.07 Å². The van der Waals surface area contributed by atoms with E-state index >= 15 is 0 Å². The average molecular weight is 827 g/mol. The van der Waals surface area contributed by atoms with Crippen LogP contribution < -0.4 is 19.7 Å². The van der Waals surface area contributed by atoms with E-state index in [-0.39, 0.29) is 0 Å². The third-order valence-corrected chi connectivity index (χ3v) is 14.4. The van der Waals surface area contributed by atoms with Crippen LogP contribution in [0.15, 0.2) is 224 Å². The van der Waals surface area contributed by atoms with Crippen molar-refractivity contribution in [3.63, 3.8) is 0 Å². The maximum Gasteiger partial charge on any atom is 0.137 e. The Labute approximate surface area is 370 Å². The lowest BCUT2D eigenvalue weighted by molar-refractivity contribution is 0.487. The summed E-state index contributed by atoms with van der Waals surface area (Å²) in [6.07, 6.45) is 0. The topological polar surface area (TPSA) is 15.7 Å². The van der Waals surface area contributed by atoms with E-state index in [1.807, 2.05) is 0 Å². The van der Waals surface area contributed by atoms with E-state index in [2.05, 4.69) is 254 Å². The van der Waals surface area contributed by atoms with Gasteiger partial charge in [0.15, 0.2) is 0 Å². The predicted octanol–water partition coefficient (Wildman–Crippen LogP) is 16.6. The first-order valence-corrected chi connectivity index (χ1v) is 25.2. The van der Waals surface area contributed by atoms with E-state index in [0.29, 0.717) is 0 Å². The molecule has 3 nitrogen and oxygen atoms in total. The fraction of sp³-hybridized carbons (Fsp3) is 0.0508. The summed E-state index contributed by atoms with van der Waals surface area (Å²) in [7, 11) is -1.42. The maximum atomic E-state index is 6.89. The van der Waals surface area contributed by atoms with Gasteiger partial charge in [0.25, 0.3) is 0 Å². The fourth-order valence-electron chi connectivity index (χ4n) is 9.20. The largest absolute Gasteiger partial charge is 0.456 e. The lowest BCUT2D eigenvalue weighted by Gasteiger charge is -2.29. The Morgan fingerprint density at radius 2 is 0.937 bits per heavy atom. The molecule has 1 heterocycles. The molecule has 0 saturated heterocycles. The molecule has 0 aromatic heterocycles. The van der Waals surface area contributed by atoms with Crippen LogP contribution in [0, 0.1) is 0 Å². The van der Waals surface area contributed by atoms with Crippen molar-refractivity contribution >= 4 is 68.9 Å². The second-order valence-corrected chi connectivity index (χ2v) is 22.5. The summed E-state index contributed by atoms with van der Waals surface area (Å²) < 4.78 is 6.89. The highest BCUT2D eigenvalue weighted by Gasteiger charge is 2.25. The Kier molecular flexibility index (Phi) is 9.52. The van der Waals surface area contributed by atoms with Crippen molar-refractivity contribution in [3.8, 4) is 44.9 Å². The molecule has 0 bridgehead atoms. The highest BCUT2D eigenvalue weighted by Crippen LogP contribution is 2.51. The van der Waals surface area contributed by atoms with Crippen LogP contribution in [0.1, 0.15) is 0 Å². The van der Waals surface area contributed by atoms with Gasteiger partial charge in [0.1, 0.15) is 11.5 Å². The van der Waals surface area contributed by atoms with Gasteiger partial charge in [-0.25, -0.2) is 0 Å². The second-order valence-electron chi connectivity index (χ2n) is 17.4. The molecule has 0 N–H and O–H groups in total. The molecule has 1 aliphatic heterocycles. The summed E-state index contributed by atoms with van der Waals surface area (Å²) in [5, 5.41) is 6.20. The Hall–Kier alpha value is -7.66. The van der Waals surface area contributed by atoms with E-state index in [4.69, 9.17) is 4.74 Å². The number of para-hydroxylation sites is 3. The molecule has 0 fully saturated rings. The number of hydrogen-bond acceptors (Lipinski definition) is 3. The lowest BCUT2D eigenvalue weighted by Crippen LogP contribution is -2.37. The van der Waals surface area contributed by atoms with Crippen LogP contribution in [0.25, 0.3) is 54.9 Å². The van der Waals surface area contributed by atoms with Gasteiger partial charge >= 0.3 is 0 Å². The summed E-state index contributed by atoms with van der Waals surface area (Å²) in [6.45, 7) is 7.19. The zero-order valence-corrected chi connectivity index (χ0v) is 36.7. The van der Waals surface area contributed by atoms with Crippen LogP contribution in [0.5, 0.6) is 11.5 Å². The van der Waals surface area contributed by atoms with E-state index in [9.17, 15) is 0 Å². The van der Waals surface area contributed by atoms with Crippen LogP contribution in [-0.4, -0.2) is 8.07 Å². The van der Waals surface area contributed by atoms with Gasteiger partial charge in [0.2, 0.25) is 0 Å². The average Bonchev–Trinajstić information content (AvgIpc) is 3.33. The monoisotopic (exact) mass is 826 g/mol. The normalized spacial score (nSPS) is 11.9. The first-order chi connectivity index (χ1) is 30.9. The lowest BCUT2D eigenvalue weighted by atomic mass is 9.89. The van der Waals surface area contributed by atoms with Crippen LogP contribution in [0.2, 0.25) is 19.6 Å². The Morgan fingerprint density at radius 1 is 0.349 bits per heavy atom.